The number of fused-ring (bicyclic) bond motifs is 3. The zero-order chi connectivity index (χ0) is 22.5. The largest absolute Gasteiger partial charge is 0.444 e. The number of imidazole rings is 1. The molecule has 4 heterocycles. The predicted octanol–water partition coefficient (Wildman–Crippen LogP) is 3.68. The highest BCUT2D eigenvalue weighted by Crippen LogP contribution is 2.29. The number of anilines is 1. The highest BCUT2D eigenvalue weighted by atomic mass is 16.6. The Morgan fingerprint density at radius 2 is 2.16 bits per heavy atom. The Morgan fingerprint density at radius 3 is 2.91 bits per heavy atom. The molecule has 1 aromatic carbocycles. The molecule has 9 nitrogen and oxygen atoms in total. The van der Waals surface area contributed by atoms with Gasteiger partial charge in [0.25, 0.3) is 0 Å². The average Bonchev–Trinajstić information content (AvgIpc) is 3.47. The molecule has 5 rings (SSSR count). The SMILES string of the molecule is CC(C)(C)OC(=O)N1CCC(Cc2nc3c([nH]2)c(N)nc2cc(-n4cccn4)ccc23)C1. The number of nitrogens with zero attached hydrogens (tertiary/aromatic N) is 5. The Balaban J connectivity index is 1.38. The number of carbonyl (C=O) groups is 1. The molecule has 0 saturated carbocycles. The van der Waals surface area contributed by atoms with E-state index in [2.05, 4.69) is 15.1 Å². The molecule has 1 atom stereocenters. The van der Waals surface area contributed by atoms with Crippen LogP contribution in [0.2, 0.25) is 0 Å². The summed E-state index contributed by atoms with van der Waals surface area (Å²) in [6, 6.07) is 7.84. The van der Waals surface area contributed by atoms with E-state index in [1.165, 1.54) is 0 Å². The van der Waals surface area contributed by atoms with E-state index in [1.807, 2.05) is 51.2 Å². The lowest BCUT2D eigenvalue weighted by Gasteiger charge is -2.24. The van der Waals surface area contributed by atoms with Gasteiger partial charge in [0.2, 0.25) is 0 Å². The van der Waals surface area contributed by atoms with E-state index < -0.39 is 5.60 Å². The number of likely N-dealkylation sites (tertiary alicyclic amines) is 1. The quantitative estimate of drug-likeness (QED) is 0.509. The third-order valence-corrected chi connectivity index (χ3v) is 5.67. The van der Waals surface area contributed by atoms with E-state index >= 15 is 0 Å². The van der Waals surface area contributed by atoms with Crippen LogP contribution >= 0.6 is 0 Å². The molecular formula is C23H27N7O2. The van der Waals surface area contributed by atoms with Gasteiger partial charge in [-0.2, -0.15) is 5.10 Å². The number of aromatic amines is 1. The maximum atomic E-state index is 12.4. The maximum absolute atomic E-state index is 12.4. The molecule has 1 aliphatic heterocycles. The number of hydrogen-bond donors (Lipinski definition) is 2. The third kappa shape index (κ3) is 3.86. The standard InChI is InChI=1S/C23H27N7O2/c1-23(2,3)32-22(31)29-10-7-14(13-29)11-18-27-19-16-6-5-15(30-9-4-8-25-30)12-17(16)26-21(24)20(19)28-18/h4-6,8-9,12,14H,7,10-11,13H2,1-3H3,(H2,24,26)(H,27,28). The Hall–Kier alpha value is -3.62. The van der Waals surface area contributed by atoms with Crippen LogP contribution in [-0.4, -0.2) is 54.4 Å². The normalized spacial score (nSPS) is 16.8. The van der Waals surface area contributed by atoms with Gasteiger partial charge in [0.1, 0.15) is 28.3 Å². The van der Waals surface area contributed by atoms with E-state index in [1.54, 1.807) is 15.8 Å². The summed E-state index contributed by atoms with van der Waals surface area (Å²) in [6.45, 7) is 7.01. The molecule has 0 bridgehead atoms. The van der Waals surface area contributed by atoms with Gasteiger partial charge < -0.3 is 20.4 Å². The minimum atomic E-state index is -0.489. The van der Waals surface area contributed by atoms with Gasteiger partial charge in [-0.25, -0.2) is 19.4 Å². The van der Waals surface area contributed by atoms with Gasteiger partial charge in [-0.05, 0) is 57.4 Å². The second kappa shape index (κ2) is 7.51. The molecule has 1 unspecified atom stereocenters. The number of ether oxygens (including phenoxy) is 1. The van der Waals surface area contributed by atoms with E-state index in [-0.39, 0.29) is 6.09 Å². The number of H-pyrrole nitrogens is 1. The van der Waals surface area contributed by atoms with Crippen molar-refractivity contribution in [2.45, 2.75) is 39.2 Å². The van der Waals surface area contributed by atoms with Gasteiger partial charge in [-0.3, -0.25) is 0 Å². The number of hydrogen-bond acceptors (Lipinski definition) is 6. The fraction of sp³-hybridized carbons (Fsp3) is 0.391. The second-order valence-corrected chi connectivity index (χ2v) is 9.34. The van der Waals surface area contributed by atoms with Crippen LogP contribution in [0.3, 0.4) is 0 Å². The van der Waals surface area contributed by atoms with Crippen molar-refractivity contribution in [3.63, 3.8) is 0 Å². The topological polar surface area (TPSA) is 115 Å². The van der Waals surface area contributed by atoms with Crippen molar-refractivity contribution in [3.8, 4) is 5.69 Å². The third-order valence-electron chi connectivity index (χ3n) is 5.67. The number of aromatic nitrogens is 5. The van der Waals surface area contributed by atoms with Gasteiger partial charge in [0, 0.05) is 37.3 Å². The van der Waals surface area contributed by atoms with E-state index in [9.17, 15) is 4.79 Å². The van der Waals surface area contributed by atoms with Crippen LogP contribution in [0, 0.1) is 5.92 Å². The van der Waals surface area contributed by atoms with Crippen LogP contribution in [0.15, 0.2) is 36.7 Å². The number of amides is 1. The summed E-state index contributed by atoms with van der Waals surface area (Å²) in [5.74, 6) is 1.59. The van der Waals surface area contributed by atoms with E-state index in [0.29, 0.717) is 24.8 Å². The van der Waals surface area contributed by atoms with Crippen LogP contribution < -0.4 is 5.73 Å². The number of carbonyl (C=O) groups excluding carboxylic acids is 1. The van der Waals surface area contributed by atoms with Crippen LogP contribution in [0.25, 0.3) is 27.6 Å². The first-order valence-electron chi connectivity index (χ1n) is 10.8. The zero-order valence-corrected chi connectivity index (χ0v) is 18.5. The molecule has 3 aromatic heterocycles. The lowest BCUT2D eigenvalue weighted by molar-refractivity contribution is 0.0288. The highest BCUT2D eigenvalue weighted by molar-refractivity contribution is 6.06. The first kappa shape index (κ1) is 20.3. The van der Waals surface area contributed by atoms with Crippen molar-refractivity contribution in [1.82, 2.24) is 29.6 Å². The van der Waals surface area contributed by atoms with Crippen molar-refractivity contribution in [1.29, 1.82) is 0 Å². The number of nitrogen functional groups attached to an aromatic ring is 1. The first-order chi connectivity index (χ1) is 15.3. The van der Waals surface area contributed by atoms with E-state index in [4.69, 9.17) is 15.5 Å². The molecule has 9 heteroatoms. The van der Waals surface area contributed by atoms with Gasteiger partial charge in [0.05, 0.1) is 11.2 Å². The van der Waals surface area contributed by atoms with Crippen molar-refractivity contribution >= 4 is 33.8 Å². The van der Waals surface area contributed by atoms with Gasteiger partial charge >= 0.3 is 6.09 Å². The fourth-order valence-electron chi connectivity index (χ4n) is 4.23. The minimum absolute atomic E-state index is 0.253. The first-order valence-corrected chi connectivity index (χ1v) is 10.8. The van der Waals surface area contributed by atoms with Gasteiger partial charge in [-0.1, -0.05) is 0 Å². The number of benzene rings is 1. The van der Waals surface area contributed by atoms with E-state index in [0.717, 1.165) is 46.3 Å². The second-order valence-electron chi connectivity index (χ2n) is 9.34. The number of pyridine rings is 1. The minimum Gasteiger partial charge on any atom is -0.444 e. The Morgan fingerprint density at radius 1 is 1.31 bits per heavy atom. The summed E-state index contributed by atoms with van der Waals surface area (Å²) in [5.41, 5.74) is 9.03. The zero-order valence-electron chi connectivity index (χ0n) is 18.5. The molecule has 166 valence electrons. The molecule has 0 aliphatic carbocycles. The molecule has 3 N–H and O–H groups in total. The average molecular weight is 434 g/mol. The monoisotopic (exact) mass is 433 g/mol. The maximum Gasteiger partial charge on any atom is 0.410 e. The van der Waals surface area contributed by atoms with Crippen LogP contribution in [0.5, 0.6) is 0 Å². The summed E-state index contributed by atoms with van der Waals surface area (Å²) >= 11 is 0. The lowest BCUT2D eigenvalue weighted by Crippen LogP contribution is -2.35. The van der Waals surface area contributed by atoms with Gasteiger partial charge in [-0.15, -0.1) is 0 Å². The molecule has 1 saturated heterocycles. The summed E-state index contributed by atoms with van der Waals surface area (Å²) in [5, 5.41) is 5.22. The molecule has 32 heavy (non-hydrogen) atoms. The number of nitrogens with one attached hydrogen (secondary N) is 1. The van der Waals surface area contributed by atoms with Crippen LogP contribution in [-0.2, 0) is 11.2 Å². The Labute approximate surface area is 185 Å². The Kier molecular flexibility index (Phi) is 4.76. The van der Waals surface area contributed by atoms with Crippen molar-refractivity contribution in [2.75, 3.05) is 18.8 Å². The number of nitrogens with two attached hydrogens (primary N) is 1. The molecule has 1 fully saturated rings. The molecule has 0 spiro atoms. The van der Waals surface area contributed by atoms with Crippen LogP contribution in [0.1, 0.15) is 33.0 Å². The molecule has 1 amide bonds. The fourth-order valence-corrected chi connectivity index (χ4v) is 4.23. The number of rotatable bonds is 3. The molecule has 0 radical (unpaired) electrons. The molecular weight excluding hydrogens is 406 g/mol. The highest BCUT2D eigenvalue weighted by Gasteiger charge is 2.30. The summed E-state index contributed by atoms with van der Waals surface area (Å²) < 4.78 is 7.29. The summed E-state index contributed by atoms with van der Waals surface area (Å²) in [4.78, 5) is 26.9. The Bertz CT molecular complexity index is 1290. The predicted molar refractivity (Wildman–Crippen MR) is 123 cm³/mol. The molecule has 1 aliphatic rings. The van der Waals surface area contributed by atoms with Gasteiger partial charge in [0.15, 0.2) is 0 Å². The lowest BCUT2D eigenvalue weighted by atomic mass is 10.1. The summed E-state index contributed by atoms with van der Waals surface area (Å²) in [6.07, 6.45) is 5.02. The smallest absolute Gasteiger partial charge is 0.410 e. The van der Waals surface area contributed by atoms with Crippen LogP contribution in [0.4, 0.5) is 10.6 Å². The summed E-state index contributed by atoms with van der Waals surface area (Å²) in [7, 11) is 0. The van der Waals surface area contributed by atoms with Crippen molar-refractivity contribution in [3.05, 3.63) is 42.5 Å². The molecule has 4 aromatic rings. The van der Waals surface area contributed by atoms with Crippen molar-refractivity contribution in [2.24, 2.45) is 5.92 Å². The van der Waals surface area contributed by atoms with Crippen molar-refractivity contribution < 1.29 is 9.53 Å².